The Morgan fingerprint density at radius 2 is 1.87 bits per heavy atom. The van der Waals surface area contributed by atoms with Crippen molar-refractivity contribution in [3.63, 3.8) is 0 Å². The van der Waals surface area contributed by atoms with Gasteiger partial charge in [0, 0.05) is 6.54 Å². The van der Waals surface area contributed by atoms with Crippen molar-refractivity contribution >= 4 is 5.97 Å². The summed E-state index contributed by atoms with van der Waals surface area (Å²) in [6.07, 6.45) is 1.51. The molecule has 0 heterocycles. The average molecular weight is 207 g/mol. The Morgan fingerprint density at radius 1 is 1.33 bits per heavy atom. The molecular formula is C12H17NO2. The molecule has 3 nitrogen and oxygen atoms in total. The van der Waals surface area contributed by atoms with Gasteiger partial charge >= 0.3 is 5.97 Å². The SMILES string of the molecule is CCc1ccc(CC(CN)C(=O)O)cc1. The van der Waals surface area contributed by atoms with E-state index in [-0.39, 0.29) is 6.54 Å². The molecule has 15 heavy (non-hydrogen) atoms. The Bertz CT molecular complexity index is 319. The van der Waals surface area contributed by atoms with Crippen molar-refractivity contribution in [1.82, 2.24) is 0 Å². The summed E-state index contributed by atoms with van der Waals surface area (Å²) in [5.41, 5.74) is 7.69. The molecule has 0 spiro atoms. The van der Waals surface area contributed by atoms with E-state index in [0.29, 0.717) is 6.42 Å². The largest absolute Gasteiger partial charge is 0.481 e. The van der Waals surface area contributed by atoms with E-state index in [1.54, 1.807) is 0 Å². The van der Waals surface area contributed by atoms with Crippen LogP contribution in [-0.4, -0.2) is 17.6 Å². The molecule has 0 amide bonds. The van der Waals surface area contributed by atoms with E-state index in [1.165, 1.54) is 5.56 Å². The second kappa shape index (κ2) is 5.51. The van der Waals surface area contributed by atoms with Crippen molar-refractivity contribution < 1.29 is 9.90 Å². The molecule has 1 unspecified atom stereocenters. The minimum atomic E-state index is -0.822. The number of hydrogen-bond donors (Lipinski definition) is 2. The fraction of sp³-hybridized carbons (Fsp3) is 0.417. The van der Waals surface area contributed by atoms with Crippen LogP contribution in [0.25, 0.3) is 0 Å². The second-order valence-electron chi connectivity index (χ2n) is 3.65. The van der Waals surface area contributed by atoms with E-state index in [4.69, 9.17) is 10.8 Å². The third kappa shape index (κ3) is 3.36. The van der Waals surface area contributed by atoms with E-state index in [9.17, 15) is 4.79 Å². The number of aryl methyl sites for hydroxylation is 1. The predicted octanol–water partition coefficient (Wildman–Crippen LogP) is 1.45. The number of aliphatic carboxylic acids is 1. The van der Waals surface area contributed by atoms with E-state index in [2.05, 4.69) is 6.92 Å². The summed E-state index contributed by atoms with van der Waals surface area (Å²) in [6, 6.07) is 8.02. The fourth-order valence-corrected chi connectivity index (χ4v) is 1.47. The maximum Gasteiger partial charge on any atom is 0.308 e. The van der Waals surface area contributed by atoms with Crippen LogP contribution in [0.2, 0.25) is 0 Å². The standard InChI is InChI=1S/C12H17NO2/c1-2-9-3-5-10(6-4-9)7-11(8-13)12(14)15/h3-6,11H,2,7-8,13H2,1H3,(H,14,15). The van der Waals surface area contributed by atoms with Gasteiger partial charge in [-0.05, 0) is 24.0 Å². The van der Waals surface area contributed by atoms with Gasteiger partial charge in [-0.1, -0.05) is 31.2 Å². The lowest BCUT2D eigenvalue weighted by molar-refractivity contribution is -0.141. The van der Waals surface area contributed by atoms with E-state index in [1.807, 2.05) is 24.3 Å². The normalized spacial score (nSPS) is 12.4. The molecule has 0 saturated heterocycles. The molecule has 0 aromatic heterocycles. The summed E-state index contributed by atoms with van der Waals surface area (Å²) in [6.45, 7) is 2.28. The molecule has 82 valence electrons. The molecule has 1 aromatic rings. The zero-order valence-corrected chi connectivity index (χ0v) is 8.94. The predicted molar refractivity (Wildman–Crippen MR) is 59.7 cm³/mol. The first-order valence-corrected chi connectivity index (χ1v) is 5.18. The summed E-state index contributed by atoms with van der Waals surface area (Å²) in [7, 11) is 0. The minimum Gasteiger partial charge on any atom is -0.481 e. The Balaban J connectivity index is 2.67. The zero-order valence-electron chi connectivity index (χ0n) is 8.94. The van der Waals surface area contributed by atoms with Gasteiger partial charge in [-0.15, -0.1) is 0 Å². The van der Waals surface area contributed by atoms with Crippen LogP contribution in [0, 0.1) is 5.92 Å². The highest BCUT2D eigenvalue weighted by molar-refractivity contribution is 5.70. The summed E-state index contributed by atoms with van der Waals surface area (Å²) >= 11 is 0. The Labute approximate surface area is 89.9 Å². The van der Waals surface area contributed by atoms with Gasteiger partial charge in [0.25, 0.3) is 0 Å². The van der Waals surface area contributed by atoms with Gasteiger partial charge in [-0.2, -0.15) is 0 Å². The molecule has 0 fully saturated rings. The van der Waals surface area contributed by atoms with Gasteiger partial charge in [-0.3, -0.25) is 4.79 Å². The van der Waals surface area contributed by atoms with Crippen LogP contribution in [0.1, 0.15) is 18.1 Å². The molecule has 0 aliphatic rings. The Hall–Kier alpha value is -1.35. The average Bonchev–Trinajstić information content (AvgIpc) is 2.26. The first-order valence-electron chi connectivity index (χ1n) is 5.18. The molecule has 0 aliphatic carbocycles. The van der Waals surface area contributed by atoms with Crippen LogP contribution in [0.4, 0.5) is 0 Å². The molecule has 3 heteroatoms. The third-order valence-corrected chi connectivity index (χ3v) is 2.55. The Morgan fingerprint density at radius 3 is 2.27 bits per heavy atom. The van der Waals surface area contributed by atoms with Gasteiger partial charge in [-0.25, -0.2) is 0 Å². The molecule has 3 N–H and O–H groups in total. The monoisotopic (exact) mass is 207 g/mol. The third-order valence-electron chi connectivity index (χ3n) is 2.55. The van der Waals surface area contributed by atoms with Crippen molar-refractivity contribution in [2.75, 3.05) is 6.54 Å². The molecule has 0 aliphatic heterocycles. The highest BCUT2D eigenvalue weighted by Gasteiger charge is 2.15. The number of carboxylic acids is 1. The fourth-order valence-electron chi connectivity index (χ4n) is 1.47. The van der Waals surface area contributed by atoms with Gasteiger partial charge in [0.2, 0.25) is 0 Å². The smallest absolute Gasteiger partial charge is 0.308 e. The van der Waals surface area contributed by atoms with Crippen molar-refractivity contribution in [3.8, 4) is 0 Å². The number of nitrogens with two attached hydrogens (primary N) is 1. The first kappa shape index (κ1) is 11.7. The molecule has 1 rings (SSSR count). The van der Waals surface area contributed by atoms with E-state index >= 15 is 0 Å². The quantitative estimate of drug-likeness (QED) is 0.768. The number of carbonyl (C=O) groups is 1. The van der Waals surface area contributed by atoms with Gasteiger partial charge in [0.1, 0.15) is 0 Å². The topological polar surface area (TPSA) is 63.3 Å². The zero-order chi connectivity index (χ0) is 11.3. The maximum absolute atomic E-state index is 10.8. The number of benzene rings is 1. The first-order chi connectivity index (χ1) is 7.17. The molecule has 1 atom stereocenters. The summed E-state index contributed by atoms with van der Waals surface area (Å²) in [5, 5.41) is 8.86. The lowest BCUT2D eigenvalue weighted by Crippen LogP contribution is -2.25. The number of carboxylic acid groups (broad SMARTS) is 1. The summed E-state index contributed by atoms with van der Waals surface area (Å²) in [5.74, 6) is -1.30. The maximum atomic E-state index is 10.8. The van der Waals surface area contributed by atoms with Crippen LogP contribution >= 0.6 is 0 Å². The second-order valence-corrected chi connectivity index (χ2v) is 3.65. The lowest BCUT2D eigenvalue weighted by Gasteiger charge is -2.09. The molecule has 0 radical (unpaired) electrons. The minimum absolute atomic E-state index is 0.185. The van der Waals surface area contributed by atoms with Crippen molar-refractivity contribution in [3.05, 3.63) is 35.4 Å². The van der Waals surface area contributed by atoms with Crippen molar-refractivity contribution in [1.29, 1.82) is 0 Å². The van der Waals surface area contributed by atoms with Gasteiger partial charge < -0.3 is 10.8 Å². The van der Waals surface area contributed by atoms with Crippen LogP contribution in [0.3, 0.4) is 0 Å². The van der Waals surface area contributed by atoms with Gasteiger partial charge in [0.05, 0.1) is 5.92 Å². The van der Waals surface area contributed by atoms with Crippen LogP contribution in [-0.2, 0) is 17.6 Å². The van der Waals surface area contributed by atoms with Crippen LogP contribution in [0.5, 0.6) is 0 Å². The van der Waals surface area contributed by atoms with Crippen molar-refractivity contribution in [2.24, 2.45) is 11.7 Å². The van der Waals surface area contributed by atoms with Crippen LogP contribution < -0.4 is 5.73 Å². The number of hydrogen-bond acceptors (Lipinski definition) is 2. The molecular weight excluding hydrogens is 190 g/mol. The van der Waals surface area contributed by atoms with Gasteiger partial charge in [0.15, 0.2) is 0 Å². The molecule has 1 aromatic carbocycles. The highest BCUT2D eigenvalue weighted by atomic mass is 16.4. The Kier molecular flexibility index (Phi) is 4.31. The van der Waals surface area contributed by atoms with Crippen LogP contribution in [0.15, 0.2) is 24.3 Å². The number of rotatable bonds is 5. The summed E-state index contributed by atoms with van der Waals surface area (Å²) < 4.78 is 0. The van der Waals surface area contributed by atoms with E-state index in [0.717, 1.165) is 12.0 Å². The lowest BCUT2D eigenvalue weighted by atomic mass is 9.98. The van der Waals surface area contributed by atoms with Crippen molar-refractivity contribution in [2.45, 2.75) is 19.8 Å². The van der Waals surface area contributed by atoms with E-state index < -0.39 is 11.9 Å². The molecule has 0 bridgehead atoms. The summed E-state index contributed by atoms with van der Waals surface area (Å²) in [4.78, 5) is 10.8. The highest BCUT2D eigenvalue weighted by Crippen LogP contribution is 2.10. The molecule has 0 saturated carbocycles.